The van der Waals surface area contributed by atoms with E-state index in [2.05, 4.69) is 15.3 Å². The highest BCUT2D eigenvalue weighted by Gasteiger charge is 2.35. The Morgan fingerprint density at radius 3 is 2.67 bits per heavy atom. The molecule has 18 heavy (non-hydrogen) atoms. The molecule has 4 nitrogen and oxygen atoms in total. The van der Waals surface area contributed by atoms with E-state index in [1.54, 1.807) is 6.20 Å². The molecule has 0 atom stereocenters. The monoisotopic (exact) mass is 243 g/mol. The third-order valence-electron chi connectivity index (χ3n) is 3.76. The van der Waals surface area contributed by atoms with Gasteiger partial charge >= 0.3 is 0 Å². The number of aromatic nitrogens is 2. The van der Waals surface area contributed by atoms with Gasteiger partial charge in [0.25, 0.3) is 0 Å². The van der Waals surface area contributed by atoms with Crippen LogP contribution in [0.1, 0.15) is 25.0 Å². The molecule has 0 spiro atoms. The van der Waals surface area contributed by atoms with Gasteiger partial charge in [0.2, 0.25) is 0 Å². The Bertz CT molecular complexity index is 546. The van der Waals surface area contributed by atoms with E-state index in [1.807, 2.05) is 24.3 Å². The third kappa shape index (κ3) is 2.09. The fraction of sp³-hybridized carbons (Fsp3) is 0.429. The second kappa shape index (κ2) is 4.63. The summed E-state index contributed by atoms with van der Waals surface area (Å²) in [4.78, 5) is 8.95. The largest absolute Gasteiger partial charge is 0.394 e. The lowest BCUT2D eigenvalue weighted by atomic mass is 9.77. The first-order valence-electron chi connectivity index (χ1n) is 6.38. The number of fused-ring (bicyclic) bond motifs is 1. The van der Waals surface area contributed by atoms with Crippen molar-refractivity contribution < 1.29 is 5.11 Å². The minimum atomic E-state index is -0.0761. The zero-order valence-electron chi connectivity index (χ0n) is 10.3. The van der Waals surface area contributed by atoms with Gasteiger partial charge in [-0.05, 0) is 31.4 Å². The Morgan fingerprint density at radius 2 is 2.00 bits per heavy atom. The first-order chi connectivity index (χ1) is 8.81. The predicted octanol–water partition coefficient (Wildman–Crippen LogP) is 1.63. The number of benzene rings is 1. The Kier molecular flexibility index (Phi) is 2.97. The van der Waals surface area contributed by atoms with Crippen molar-refractivity contribution in [3.05, 3.63) is 36.2 Å². The van der Waals surface area contributed by atoms with Crippen molar-refractivity contribution in [3.63, 3.8) is 0 Å². The molecular weight excluding hydrogens is 226 g/mol. The van der Waals surface area contributed by atoms with Crippen molar-refractivity contribution >= 4 is 11.0 Å². The smallest absolute Gasteiger partial charge is 0.0890 e. The molecule has 1 heterocycles. The normalized spacial score (nSPS) is 17.6. The fourth-order valence-electron chi connectivity index (χ4n) is 2.35. The number of aliphatic hydroxyl groups is 1. The van der Waals surface area contributed by atoms with Gasteiger partial charge in [-0.15, -0.1) is 0 Å². The third-order valence-corrected chi connectivity index (χ3v) is 3.76. The molecule has 0 aliphatic heterocycles. The molecule has 0 unspecified atom stereocenters. The second-order valence-electron chi connectivity index (χ2n) is 5.00. The minimum Gasteiger partial charge on any atom is -0.394 e. The highest BCUT2D eigenvalue weighted by Crippen LogP contribution is 2.31. The van der Waals surface area contributed by atoms with Gasteiger partial charge in [0.15, 0.2) is 0 Å². The molecule has 0 bridgehead atoms. The van der Waals surface area contributed by atoms with Crippen LogP contribution < -0.4 is 5.32 Å². The van der Waals surface area contributed by atoms with E-state index >= 15 is 0 Å². The van der Waals surface area contributed by atoms with E-state index in [-0.39, 0.29) is 12.1 Å². The minimum absolute atomic E-state index is 0.0761. The van der Waals surface area contributed by atoms with Crippen LogP contribution in [0, 0.1) is 0 Å². The summed E-state index contributed by atoms with van der Waals surface area (Å²) in [5, 5.41) is 12.8. The number of hydrogen-bond donors (Lipinski definition) is 2. The summed E-state index contributed by atoms with van der Waals surface area (Å²) >= 11 is 0. The summed E-state index contributed by atoms with van der Waals surface area (Å²) in [7, 11) is 0. The summed E-state index contributed by atoms with van der Waals surface area (Å²) < 4.78 is 0. The van der Waals surface area contributed by atoms with E-state index in [0.717, 1.165) is 29.6 Å². The average Bonchev–Trinajstić information content (AvgIpc) is 2.38. The van der Waals surface area contributed by atoms with Crippen LogP contribution in [-0.2, 0) is 6.54 Å². The van der Waals surface area contributed by atoms with E-state index < -0.39 is 0 Å². The lowest BCUT2D eigenvalue weighted by Gasteiger charge is -2.41. The Labute approximate surface area is 106 Å². The van der Waals surface area contributed by atoms with Crippen molar-refractivity contribution in [2.45, 2.75) is 31.3 Å². The summed E-state index contributed by atoms with van der Waals surface area (Å²) in [5.74, 6) is 0. The molecule has 2 aromatic rings. The zero-order valence-corrected chi connectivity index (χ0v) is 10.3. The Morgan fingerprint density at radius 1 is 1.22 bits per heavy atom. The number of aliphatic hydroxyl groups excluding tert-OH is 1. The van der Waals surface area contributed by atoms with E-state index in [1.165, 1.54) is 6.42 Å². The molecule has 1 aromatic heterocycles. The van der Waals surface area contributed by atoms with Crippen LogP contribution in [0.25, 0.3) is 11.0 Å². The quantitative estimate of drug-likeness (QED) is 0.857. The lowest BCUT2D eigenvalue weighted by Crippen LogP contribution is -2.53. The first kappa shape index (κ1) is 11.6. The molecule has 0 amide bonds. The molecule has 1 aromatic carbocycles. The number of nitrogens with one attached hydrogen (secondary N) is 1. The summed E-state index contributed by atoms with van der Waals surface area (Å²) in [6, 6.07) is 7.86. The molecule has 2 N–H and O–H groups in total. The molecule has 1 aliphatic carbocycles. The van der Waals surface area contributed by atoms with Crippen molar-refractivity contribution in [2.24, 2.45) is 0 Å². The van der Waals surface area contributed by atoms with Crippen LogP contribution in [0.15, 0.2) is 30.5 Å². The van der Waals surface area contributed by atoms with Gasteiger partial charge in [0.05, 0.1) is 29.5 Å². The van der Waals surface area contributed by atoms with Crippen molar-refractivity contribution in [2.75, 3.05) is 6.61 Å². The fourth-order valence-corrected chi connectivity index (χ4v) is 2.35. The second-order valence-corrected chi connectivity index (χ2v) is 5.00. The van der Waals surface area contributed by atoms with E-state index in [9.17, 15) is 5.11 Å². The zero-order chi connectivity index (χ0) is 12.4. The van der Waals surface area contributed by atoms with E-state index in [4.69, 9.17) is 0 Å². The molecule has 3 rings (SSSR count). The molecule has 94 valence electrons. The SMILES string of the molecule is OCC1(NCc2cnc3ccccc3n2)CCC1. The number of hydrogen-bond acceptors (Lipinski definition) is 4. The predicted molar refractivity (Wildman–Crippen MR) is 70.0 cm³/mol. The van der Waals surface area contributed by atoms with Crippen molar-refractivity contribution in [1.82, 2.24) is 15.3 Å². The van der Waals surface area contributed by atoms with Crippen LogP contribution >= 0.6 is 0 Å². The molecule has 0 saturated heterocycles. The van der Waals surface area contributed by atoms with Crippen LogP contribution in [0.3, 0.4) is 0 Å². The van der Waals surface area contributed by atoms with Crippen LogP contribution in [0.5, 0.6) is 0 Å². The standard InChI is InChI=1S/C14H17N3O/c18-10-14(6-3-7-14)16-9-11-8-15-12-4-1-2-5-13(12)17-11/h1-2,4-5,8,16,18H,3,6-7,9-10H2. The maximum atomic E-state index is 9.39. The summed E-state index contributed by atoms with van der Waals surface area (Å²) in [6.07, 6.45) is 5.09. The maximum absolute atomic E-state index is 9.39. The van der Waals surface area contributed by atoms with E-state index in [0.29, 0.717) is 6.54 Å². The Balaban J connectivity index is 1.74. The van der Waals surface area contributed by atoms with Crippen LogP contribution in [0.4, 0.5) is 0 Å². The molecule has 1 aliphatic rings. The molecular formula is C14H17N3O. The topological polar surface area (TPSA) is 58.0 Å². The van der Waals surface area contributed by atoms with Crippen molar-refractivity contribution in [3.8, 4) is 0 Å². The van der Waals surface area contributed by atoms with Gasteiger partial charge in [0, 0.05) is 12.1 Å². The Hall–Kier alpha value is -1.52. The van der Waals surface area contributed by atoms with Gasteiger partial charge in [-0.25, -0.2) is 4.98 Å². The molecule has 1 saturated carbocycles. The molecule has 1 fully saturated rings. The summed E-state index contributed by atoms with van der Waals surface area (Å²) in [5.41, 5.74) is 2.69. The summed E-state index contributed by atoms with van der Waals surface area (Å²) in [6.45, 7) is 0.867. The first-order valence-corrected chi connectivity index (χ1v) is 6.38. The van der Waals surface area contributed by atoms with Gasteiger partial charge in [-0.2, -0.15) is 0 Å². The molecule has 0 radical (unpaired) electrons. The highest BCUT2D eigenvalue weighted by atomic mass is 16.3. The van der Waals surface area contributed by atoms with Crippen LogP contribution in [-0.4, -0.2) is 27.2 Å². The van der Waals surface area contributed by atoms with Gasteiger partial charge < -0.3 is 10.4 Å². The molecule has 4 heteroatoms. The van der Waals surface area contributed by atoms with Gasteiger partial charge in [-0.3, -0.25) is 4.98 Å². The number of para-hydroxylation sites is 2. The van der Waals surface area contributed by atoms with Crippen LogP contribution in [0.2, 0.25) is 0 Å². The van der Waals surface area contributed by atoms with Gasteiger partial charge in [-0.1, -0.05) is 12.1 Å². The number of rotatable bonds is 4. The average molecular weight is 243 g/mol. The lowest BCUT2D eigenvalue weighted by molar-refractivity contribution is 0.0868. The number of nitrogens with zero attached hydrogens (tertiary/aromatic N) is 2. The van der Waals surface area contributed by atoms with Gasteiger partial charge in [0.1, 0.15) is 0 Å². The highest BCUT2D eigenvalue weighted by molar-refractivity contribution is 5.73. The van der Waals surface area contributed by atoms with Crippen molar-refractivity contribution in [1.29, 1.82) is 0 Å². The maximum Gasteiger partial charge on any atom is 0.0890 e.